The number of aliphatic hydroxyl groups is 3. The number of carboxylic acids is 1. The Balaban J connectivity index is 2.83. The van der Waals surface area contributed by atoms with Crippen molar-refractivity contribution in [2.24, 2.45) is 0 Å². The van der Waals surface area contributed by atoms with Crippen molar-refractivity contribution in [3.63, 3.8) is 0 Å². The van der Waals surface area contributed by atoms with Gasteiger partial charge < -0.3 is 34.7 Å². The Kier molecular flexibility index (Phi) is 4.17. The molecule has 8 heteroatoms. The van der Waals surface area contributed by atoms with Crippen molar-refractivity contribution < 1.29 is 39.5 Å². The van der Waals surface area contributed by atoms with Crippen LogP contribution in [0.4, 0.5) is 0 Å². The van der Waals surface area contributed by atoms with E-state index in [9.17, 15) is 19.8 Å². The maximum absolute atomic E-state index is 10.8. The number of hydrogen-bond donors (Lipinski definition) is 4. The van der Waals surface area contributed by atoms with Gasteiger partial charge in [0.05, 0.1) is 6.61 Å². The molecule has 98 valence electrons. The zero-order valence-electron chi connectivity index (χ0n) is 9.02. The molecular weight excluding hydrogens is 236 g/mol. The van der Waals surface area contributed by atoms with Gasteiger partial charge in [0, 0.05) is 6.92 Å². The Morgan fingerprint density at radius 1 is 1.53 bits per heavy atom. The SMILES string of the molecule is CC1(C(=O)O)OC[C@@H](O)[C@@H]([C@H](O)[C@@H](O)C=O)O1. The minimum Gasteiger partial charge on any atom is -0.477 e. The van der Waals surface area contributed by atoms with E-state index in [0.29, 0.717) is 0 Å². The first-order valence-electron chi connectivity index (χ1n) is 4.86. The Morgan fingerprint density at radius 3 is 2.59 bits per heavy atom. The number of aliphatic carboxylic acids is 1. The van der Waals surface area contributed by atoms with Gasteiger partial charge in [0.2, 0.25) is 0 Å². The first-order valence-corrected chi connectivity index (χ1v) is 4.86. The fraction of sp³-hybridized carbons (Fsp3) is 0.778. The lowest BCUT2D eigenvalue weighted by Crippen LogP contribution is -2.59. The molecule has 1 heterocycles. The van der Waals surface area contributed by atoms with Gasteiger partial charge in [-0.25, -0.2) is 4.79 Å². The molecule has 1 aliphatic heterocycles. The van der Waals surface area contributed by atoms with Gasteiger partial charge in [-0.3, -0.25) is 0 Å². The number of carbonyl (C=O) groups excluding carboxylic acids is 1. The van der Waals surface area contributed by atoms with Crippen LogP contribution >= 0.6 is 0 Å². The Bertz CT molecular complexity index is 305. The van der Waals surface area contributed by atoms with Crippen molar-refractivity contribution in [1.29, 1.82) is 0 Å². The molecule has 1 rings (SSSR count). The number of carbonyl (C=O) groups is 2. The molecule has 1 unspecified atom stereocenters. The summed E-state index contributed by atoms with van der Waals surface area (Å²) in [6, 6.07) is 0. The summed E-state index contributed by atoms with van der Waals surface area (Å²) in [5.74, 6) is -3.48. The molecule has 1 aliphatic rings. The molecule has 5 atom stereocenters. The minimum absolute atomic E-state index is 0.0638. The molecule has 0 amide bonds. The number of aliphatic hydroxyl groups excluding tert-OH is 3. The lowest BCUT2D eigenvalue weighted by Gasteiger charge is -2.40. The lowest BCUT2D eigenvalue weighted by atomic mass is 10.0. The summed E-state index contributed by atoms with van der Waals surface area (Å²) < 4.78 is 9.67. The van der Waals surface area contributed by atoms with E-state index in [0.717, 1.165) is 6.92 Å². The molecule has 8 nitrogen and oxygen atoms in total. The van der Waals surface area contributed by atoms with Crippen molar-refractivity contribution in [3.8, 4) is 0 Å². The Labute approximate surface area is 96.4 Å². The van der Waals surface area contributed by atoms with E-state index in [4.69, 9.17) is 19.7 Å². The van der Waals surface area contributed by atoms with Gasteiger partial charge >= 0.3 is 5.97 Å². The molecule has 0 spiro atoms. The summed E-state index contributed by atoms with van der Waals surface area (Å²) >= 11 is 0. The first-order chi connectivity index (χ1) is 7.81. The zero-order valence-corrected chi connectivity index (χ0v) is 9.02. The number of ether oxygens (including phenoxy) is 2. The quantitative estimate of drug-likeness (QED) is 0.402. The highest BCUT2D eigenvalue weighted by Gasteiger charge is 2.48. The molecule has 0 aromatic heterocycles. The predicted molar refractivity (Wildman–Crippen MR) is 51.0 cm³/mol. The first kappa shape index (κ1) is 14.0. The summed E-state index contributed by atoms with van der Waals surface area (Å²) in [6.45, 7) is 0.699. The van der Waals surface area contributed by atoms with E-state index in [-0.39, 0.29) is 6.29 Å². The molecule has 0 aromatic carbocycles. The molecule has 0 aromatic rings. The fourth-order valence-electron chi connectivity index (χ4n) is 1.40. The van der Waals surface area contributed by atoms with Crippen LogP contribution in [0.1, 0.15) is 6.92 Å². The van der Waals surface area contributed by atoms with Gasteiger partial charge in [-0.2, -0.15) is 0 Å². The van der Waals surface area contributed by atoms with Crippen LogP contribution < -0.4 is 0 Å². The number of carboxylic acid groups (broad SMARTS) is 1. The highest BCUT2D eigenvalue weighted by atomic mass is 16.7. The van der Waals surface area contributed by atoms with Crippen LogP contribution in [0.25, 0.3) is 0 Å². The Morgan fingerprint density at radius 2 is 2.12 bits per heavy atom. The van der Waals surface area contributed by atoms with Crippen molar-refractivity contribution in [3.05, 3.63) is 0 Å². The third-order valence-electron chi connectivity index (χ3n) is 2.48. The van der Waals surface area contributed by atoms with Gasteiger partial charge in [-0.1, -0.05) is 0 Å². The van der Waals surface area contributed by atoms with Gasteiger partial charge in [0.15, 0.2) is 6.29 Å². The molecular formula is C9H14O8. The van der Waals surface area contributed by atoms with E-state index in [1.165, 1.54) is 0 Å². The summed E-state index contributed by atoms with van der Waals surface area (Å²) in [7, 11) is 0. The zero-order chi connectivity index (χ0) is 13.2. The second kappa shape index (κ2) is 5.07. The van der Waals surface area contributed by atoms with Crippen LogP contribution in [0.5, 0.6) is 0 Å². The molecule has 4 N–H and O–H groups in total. The topological polar surface area (TPSA) is 134 Å². The smallest absolute Gasteiger partial charge is 0.364 e. The third-order valence-corrected chi connectivity index (χ3v) is 2.48. The number of rotatable bonds is 4. The normalized spacial score (nSPS) is 37.2. The van der Waals surface area contributed by atoms with Crippen LogP contribution in [0.3, 0.4) is 0 Å². The van der Waals surface area contributed by atoms with E-state index in [1.54, 1.807) is 0 Å². The summed E-state index contributed by atoms with van der Waals surface area (Å²) in [5.41, 5.74) is 0. The largest absolute Gasteiger partial charge is 0.477 e. The predicted octanol–water partition coefficient (Wildman–Crippen LogP) is -2.52. The Hall–Kier alpha value is -1.06. The summed E-state index contributed by atoms with van der Waals surface area (Å²) in [5, 5.41) is 36.9. The molecule has 0 radical (unpaired) electrons. The van der Waals surface area contributed by atoms with E-state index < -0.39 is 42.8 Å². The second-order valence-electron chi connectivity index (χ2n) is 3.83. The van der Waals surface area contributed by atoms with Gasteiger partial charge in [0.1, 0.15) is 24.4 Å². The fourth-order valence-corrected chi connectivity index (χ4v) is 1.40. The molecule has 17 heavy (non-hydrogen) atoms. The summed E-state index contributed by atoms with van der Waals surface area (Å²) in [4.78, 5) is 21.1. The van der Waals surface area contributed by atoms with Gasteiger partial charge in [-0.15, -0.1) is 0 Å². The standard InChI is InChI=1S/C9H14O8/c1-9(8(14)15)16-3-5(12)7(17-9)6(13)4(11)2-10/h2,4-7,11-13H,3H2,1H3,(H,14,15)/t4-,5+,6+,7-,9?/m0/s1. The van der Waals surface area contributed by atoms with Crippen LogP contribution in [0.15, 0.2) is 0 Å². The maximum atomic E-state index is 10.8. The second-order valence-corrected chi connectivity index (χ2v) is 3.83. The van der Waals surface area contributed by atoms with Gasteiger partial charge in [-0.05, 0) is 0 Å². The monoisotopic (exact) mass is 250 g/mol. The molecule has 0 saturated carbocycles. The molecule has 1 saturated heterocycles. The lowest BCUT2D eigenvalue weighted by molar-refractivity contribution is -0.320. The highest BCUT2D eigenvalue weighted by molar-refractivity contribution is 5.75. The average Bonchev–Trinajstić information content (AvgIpc) is 2.30. The van der Waals surface area contributed by atoms with Crippen LogP contribution in [0.2, 0.25) is 0 Å². The van der Waals surface area contributed by atoms with E-state index >= 15 is 0 Å². The minimum atomic E-state index is -2.03. The molecule has 0 bridgehead atoms. The molecule has 0 aliphatic carbocycles. The highest BCUT2D eigenvalue weighted by Crippen LogP contribution is 2.26. The number of aldehydes is 1. The van der Waals surface area contributed by atoms with Crippen LogP contribution in [-0.2, 0) is 19.1 Å². The van der Waals surface area contributed by atoms with Crippen molar-refractivity contribution >= 4 is 12.3 Å². The van der Waals surface area contributed by atoms with Gasteiger partial charge in [0.25, 0.3) is 5.79 Å². The van der Waals surface area contributed by atoms with Crippen LogP contribution in [-0.4, -0.2) is 69.5 Å². The molecule has 1 fully saturated rings. The van der Waals surface area contributed by atoms with E-state index in [2.05, 4.69) is 0 Å². The van der Waals surface area contributed by atoms with Crippen molar-refractivity contribution in [1.82, 2.24) is 0 Å². The summed E-state index contributed by atoms with van der Waals surface area (Å²) in [6.07, 6.45) is -6.21. The van der Waals surface area contributed by atoms with Crippen LogP contribution in [0, 0.1) is 0 Å². The van der Waals surface area contributed by atoms with Crippen molar-refractivity contribution in [2.45, 2.75) is 37.1 Å². The maximum Gasteiger partial charge on any atom is 0.364 e. The third kappa shape index (κ3) is 2.79. The average molecular weight is 250 g/mol. The van der Waals surface area contributed by atoms with E-state index in [1.807, 2.05) is 0 Å². The number of hydrogen-bond acceptors (Lipinski definition) is 7. The van der Waals surface area contributed by atoms with Crippen molar-refractivity contribution in [2.75, 3.05) is 6.61 Å².